The molecule has 1 amide bonds. The lowest BCUT2D eigenvalue weighted by atomic mass is 9.51. The molecule has 5 nitrogen and oxygen atoms in total. The van der Waals surface area contributed by atoms with Crippen molar-refractivity contribution in [1.29, 1.82) is 0 Å². The average molecular weight is 587 g/mol. The Kier molecular flexibility index (Phi) is 7.96. The second-order valence-electron chi connectivity index (χ2n) is 11.6. The molecule has 1 heterocycles. The normalized spacial score (nSPS) is 25.3. The first-order valence-electron chi connectivity index (χ1n) is 14.0. The lowest BCUT2D eigenvalue weighted by Crippen LogP contribution is -2.45. The maximum atomic E-state index is 13.2. The molecule has 8 heteroatoms. The number of ether oxygens (including phenoxy) is 1. The molecule has 4 bridgehead atoms. The highest BCUT2D eigenvalue weighted by Gasteiger charge is 2.47. The van der Waals surface area contributed by atoms with E-state index in [1.807, 2.05) is 31.2 Å². The Balaban J connectivity index is 1.09. The standard InChI is InChI=1S/C31H34Cl3N3O2/c1-18-29(31(38)35-9-11-39-10-8-26-22-13-19-12-20(15-22)16-23(26)14-19)36-37(28-7-6-25(33)17-27(28)34)30(18)21-2-4-24(32)5-3-21/h2-7,17,19-20,22-23,26H,8-16H2,1H3,(H,35,38). The Labute approximate surface area is 245 Å². The van der Waals surface area contributed by atoms with Gasteiger partial charge in [-0.25, -0.2) is 4.68 Å². The number of aromatic nitrogens is 2. The number of hydrogen-bond donors (Lipinski definition) is 1. The monoisotopic (exact) mass is 585 g/mol. The number of carbonyl (C=O) groups excluding carboxylic acids is 1. The van der Waals surface area contributed by atoms with E-state index in [1.54, 1.807) is 22.9 Å². The fraction of sp³-hybridized carbons (Fsp3) is 0.484. The Bertz CT molecular complexity index is 1330. The molecule has 0 radical (unpaired) electrons. The summed E-state index contributed by atoms with van der Waals surface area (Å²) < 4.78 is 7.68. The van der Waals surface area contributed by atoms with Gasteiger partial charge in [0, 0.05) is 34.3 Å². The minimum atomic E-state index is -0.240. The minimum Gasteiger partial charge on any atom is -0.380 e. The summed E-state index contributed by atoms with van der Waals surface area (Å²) in [6.45, 7) is 3.59. The van der Waals surface area contributed by atoms with Gasteiger partial charge in [-0.3, -0.25) is 4.79 Å². The van der Waals surface area contributed by atoms with E-state index in [-0.39, 0.29) is 5.91 Å². The molecular formula is C31H34Cl3N3O2. The molecule has 4 saturated carbocycles. The van der Waals surface area contributed by atoms with Crippen LogP contribution < -0.4 is 5.32 Å². The summed E-state index contributed by atoms with van der Waals surface area (Å²) >= 11 is 18.8. The van der Waals surface area contributed by atoms with E-state index in [0.29, 0.717) is 39.6 Å². The second kappa shape index (κ2) is 11.4. The van der Waals surface area contributed by atoms with E-state index in [1.165, 1.54) is 32.1 Å². The topological polar surface area (TPSA) is 56.1 Å². The highest BCUT2D eigenvalue weighted by atomic mass is 35.5. The largest absolute Gasteiger partial charge is 0.380 e. The molecule has 0 saturated heterocycles. The summed E-state index contributed by atoms with van der Waals surface area (Å²) in [6, 6.07) is 12.7. The van der Waals surface area contributed by atoms with Crippen LogP contribution in [0.15, 0.2) is 42.5 Å². The van der Waals surface area contributed by atoms with Gasteiger partial charge in [0.15, 0.2) is 5.69 Å². The predicted octanol–water partition coefficient (Wildman–Crippen LogP) is 8.02. The fourth-order valence-electron chi connectivity index (χ4n) is 7.64. The smallest absolute Gasteiger partial charge is 0.272 e. The van der Waals surface area contributed by atoms with Gasteiger partial charge in [-0.1, -0.05) is 46.9 Å². The van der Waals surface area contributed by atoms with Gasteiger partial charge in [0.25, 0.3) is 5.91 Å². The first-order chi connectivity index (χ1) is 18.9. The van der Waals surface area contributed by atoms with Crippen LogP contribution in [0.2, 0.25) is 15.1 Å². The molecular weight excluding hydrogens is 553 g/mol. The van der Waals surface area contributed by atoms with Crippen LogP contribution in [0.25, 0.3) is 16.9 Å². The van der Waals surface area contributed by atoms with Crippen molar-refractivity contribution in [2.75, 3.05) is 19.8 Å². The molecule has 7 rings (SSSR count). The molecule has 4 fully saturated rings. The molecule has 2 aromatic carbocycles. The second-order valence-corrected chi connectivity index (χ2v) is 12.9. The number of rotatable bonds is 9. The first-order valence-corrected chi connectivity index (χ1v) is 15.2. The number of halogens is 3. The van der Waals surface area contributed by atoms with Gasteiger partial charge in [0.05, 0.1) is 23.0 Å². The summed E-state index contributed by atoms with van der Waals surface area (Å²) in [6.07, 6.45) is 8.41. The van der Waals surface area contributed by atoms with E-state index >= 15 is 0 Å². The first kappa shape index (κ1) is 27.1. The Morgan fingerprint density at radius 3 is 2.28 bits per heavy atom. The molecule has 39 heavy (non-hydrogen) atoms. The summed E-state index contributed by atoms with van der Waals surface area (Å²) in [5.74, 6) is 4.45. The Morgan fingerprint density at radius 1 is 0.949 bits per heavy atom. The lowest BCUT2D eigenvalue weighted by molar-refractivity contribution is -0.0490. The number of nitrogens with zero attached hydrogens (tertiary/aromatic N) is 2. The molecule has 1 N–H and O–H groups in total. The van der Waals surface area contributed by atoms with E-state index < -0.39 is 0 Å². The fourth-order valence-corrected chi connectivity index (χ4v) is 8.25. The summed E-state index contributed by atoms with van der Waals surface area (Å²) in [5, 5.41) is 9.29. The summed E-state index contributed by atoms with van der Waals surface area (Å²) in [4.78, 5) is 13.2. The van der Waals surface area contributed by atoms with Crippen molar-refractivity contribution in [3.05, 3.63) is 68.8 Å². The zero-order valence-electron chi connectivity index (χ0n) is 22.1. The van der Waals surface area contributed by atoms with Crippen molar-refractivity contribution >= 4 is 40.7 Å². The van der Waals surface area contributed by atoms with Crippen molar-refractivity contribution in [3.8, 4) is 16.9 Å². The summed E-state index contributed by atoms with van der Waals surface area (Å²) in [5.41, 5.74) is 3.39. The predicted molar refractivity (Wildman–Crippen MR) is 157 cm³/mol. The van der Waals surface area contributed by atoms with Gasteiger partial charge in [0.1, 0.15) is 0 Å². The van der Waals surface area contributed by atoms with E-state index in [2.05, 4.69) is 5.32 Å². The molecule has 0 aliphatic heterocycles. The SMILES string of the molecule is Cc1c(C(=O)NCCOCCC2C3CC4CC(C3)CC2C4)nn(-c2ccc(Cl)cc2Cl)c1-c1ccc(Cl)cc1. The van der Waals surface area contributed by atoms with Crippen LogP contribution in [0.5, 0.6) is 0 Å². The van der Waals surface area contributed by atoms with Gasteiger partial charge in [0.2, 0.25) is 0 Å². The number of carbonyl (C=O) groups is 1. The Morgan fingerprint density at radius 2 is 1.62 bits per heavy atom. The van der Waals surface area contributed by atoms with E-state index in [4.69, 9.17) is 44.6 Å². The number of benzene rings is 2. The molecule has 3 aromatic rings. The quantitative estimate of drug-likeness (QED) is 0.258. The van der Waals surface area contributed by atoms with Crippen LogP contribution in [0, 0.1) is 36.5 Å². The van der Waals surface area contributed by atoms with Crippen molar-refractivity contribution in [2.24, 2.45) is 29.6 Å². The third kappa shape index (κ3) is 5.61. The van der Waals surface area contributed by atoms with Gasteiger partial charge in [-0.2, -0.15) is 5.10 Å². The van der Waals surface area contributed by atoms with E-state index in [9.17, 15) is 4.79 Å². The lowest BCUT2D eigenvalue weighted by Gasteiger charge is -2.54. The maximum absolute atomic E-state index is 13.2. The minimum absolute atomic E-state index is 0.240. The molecule has 0 atom stereocenters. The molecule has 206 valence electrons. The molecule has 4 aliphatic rings. The van der Waals surface area contributed by atoms with E-state index in [0.717, 1.165) is 59.4 Å². The third-order valence-electron chi connectivity index (χ3n) is 9.14. The zero-order chi connectivity index (χ0) is 27.1. The Hall–Kier alpha value is -2.05. The van der Waals surface area contributed by atoms with Crippen LogP contribution in [0.1, 0.15) is 54.6 Å². The zero-order valence-corrected chi connectivity index (χ0v) is 24.4. The highest BCUT2D eigenvalue weighted by molar-refractivity contribution is 6.35. The molecule has 1 aromatic heterocycles. The summed E-state index contributed by atoms with van der Waals surface area (Å²) in [7, 11) is 0. The molecule has 4 aliphatic carbocycles. The van der Waals surface area contributed by atoms with Crippen molar-refractivity contribution in [3.63, 3.8) is 0 Å². The highest BCUT2D eigenvalue weighted by Crippen LogP contribution is 2.57. The van der Waals surface area contributed by atoms with Gasteiger partial charge in [-0.05, 0) is 105 Å². The third-order valence-corrected chi connectivity index (χ3v) is 9.93. The van der Waals surface area contributed by atoms with Crippen molar-refractivity contribution in [2.45, 2.75) is 45.4 Å². The van der Waals surface area contributed by atoms with Crippen LogP contribution in [-0.4, -0.2) is 35.4 Å². The van der Waals surface area contributed by atoms with Crippen LogP contribution in [0.4, 0.5) is 0 Å². The van der Waals surface area contributed by atoms with Crippen LogP contribution in [-0.2, 0) is 4.74 Å². The molecule has 0 unspecified atom stereocenters. The van der Waals surface area contributed by atoms with Crippen molar-refractivity contribution in [1.82, 2.24) is 15.1 Å². The van der Waals surface area contributed by atoms with Crippen LogP contribution >= 0.6 is 34.8 Å². The molecule has 0 spiro atoms. The number of nitrogens with one attached hydrogen (secondary N) is 1. The average Bonchev–Trinajstić information content (AvgIpc) is 3.24. The number of amides is 1. The maximum Gasteiger partial charge on any atom is 0.272 e. The number of hydrogen-bond acceptors (Lipinski definition) is 3. The van der Waals surface area contributed by atoms with Crippen molar-refractivity contribution < 1.29 is 9.53 Å². The van der Waals surface area contributed by atoms with Gasteiger partial charge in [-0.15, -0.1) is 0 Å². The van der Waals surface area contributed by atoms with Crippen LogP contribution in [0.3, 0.4) is 0 Å². The van der Waals surface area contributed by atoms with Gasteiger partial charge < -0.3 is 10.1 Å². The van der Waals surface area contributed by atoms with Gasteiger partial charge >= 0.3 is 0 Å².